The van der Waals surface area contributed by atoms with Crippen LogP contribution in [0.25, 0.3) is 10.8 Å². The number of aliphatic hydroxyl groups excluding tert-OH is 2. The van der Waals surface area contributed by atoms with Gasteiger partial charge in [0.15, 0.2) is 11.6 Å². The van der Waals surface area contributed by atoms with Gasteiger partial charge in [0.05, 0.1) is 23.8 Å². The van der Waals surface area contributed by atoms with Crippen molar-refractivity contribution in [1.82, 2.24) is 10.2 Å². The predicted molar refractivity (Wildman–Crippen MR) is 123 cm³/mol. The number of ether oxygens (including phenoxy) is 1. The van der Waals surface area contributed by atoms with Crippen LogP contribution in [-0.2, 0) is 6.54 Å². The SMILES string of the molecule is COc1ccc(CNc2nnc(N3C[C@@H](CO)[C@@H](CO)C3)c3ccc(C#N)cc23)cc1Cl. The molecule has 4 rings (SSSR count). The molecule has 2 heterocycles. The molecular weight excluding hydrogens is 430 g/mol. The molecule has 0 saturated carbocycles. The monoisotopic (exact) mass is 453 g/mol. The Balaban J connectivity index is 1.66. The standard InChI is InChI=1S/C23H24ClN5O3/c1-32-21-5-3-15(7-20(21)24)9-26-22-19-6-14(8-25)2-4-18(19)23(28-27-22)29-10-16(12-30)17(11-29)13-31/h2-7,16-17,30-31H,9-13H2,1H3,(H,26,27)/t16-,17+. The first kappa shape index (κ1) is 22.1. The third kappa shape index (κ3) is 4.28. The van der Waals surface area contributed by atoms with Gasteiger partial charge in [-0.1, -0.05) is 17.7 Å². The van der Waals surface area contributed by atoms with Gasteiger partial charge in [0.1, 0.15) is 5.75 Å². The van der Waals surface area contributed by atoms with Crippen molar-refractivity contribution in [3.8, 4) is 11.8 Å². The van der Waals surface area contributed by atoms with Crippen molar-refractivity contribution in [2.75, 3.05) is 43.6 Å². The van der Waals surface area contributed by atoms with Crippen LogP contribution in [0.5, 0.6) is 5.75 Å². The molecule has 0 bridgehead atoms. The highest BCUT2D eigenvalue weighted by Gasteiger charge is 2.33. The zero-order chi connectivity index (χ0) is 22.7. The largest absolute Gasteiger partial charge is 0.495 e. The van der Waals surface area contributed by atoms with E-state index in [1.165, 1.54) is 0 Å². The highest BCUT2D eigenvalue weighted by Crippen LogP contribution is 2.34. The van der Waals surface area contributed by atoms with Crippen molar-refractivity contribution >= 4 is 34.0 Å². The fourth-order valence-electron chi connectivity index (χ4n) is 4.10. The summed E-state index contributed by atoms with van der Waals surface area (Å²) in [6.07, 6.45) is 0. The highest BCUT2D eigenvalue weighted by molar-refractivity contribution is 6.32. The van der Waals surface area contributed by atoms with Crippen molar-refractivity contribution in [3.63, 3.8) is 0 Å². The van der Waals surface area contributed by atoms with Gasteiger partial charge in [-0.3, -0.25) is 0 Å². The van der Waals surface area contributed by atoms with E-state index in [0.717, 1.165) is 16.3 Å². The lowest BCUT2D eigenvalue weighted by molar-refractivity contribution is 0.152. The number of nitrogens with zero attached hydrogens (tertiary/aromatic N) is 4. The Morgan fingerprint density at radius 1 is 1.12 bits per heavy atom. The molecule has 9 heteroatoms. The summed E-state index contributed by atoms with van der Waals surface area (Å²) in [5, 5.41) is 43.0. The fourth-order valence-corrected chi connectivity index (χ4v) is 4.39. The molecule has 3 N–H and O–H groups in total. The molecule has 1 aliphatic heterocycles. The highest BCUT2D eigenvalue weighted by atomic mass is 35.5. The molecule has 2 atom stereocenters. The first-order valence-corrected chi connectivity index (χ1v) is 10.7. The van der Waals surface area contributed by atoms with Gasteiger partial charge >= 0.3 is 0 Å². The van der Waals surface area contributed by atoms with Crippen molar-refractivity contribution in [1.29, 1.82) is 5.26 Å². The molecule has 1 aromatic heterocycles. The summed E-state index contributed by atoms with van der Waals surface area (Å²) in [5.74, 6) is 1.80. The zero-order valence-corrected chi connectivity index (χ0v) is 18.4. The number of hydrogen-bond donors (Lipinski definition) is 3. The predicted octanol–water partition coefficient (Wildman–Crippen LogP) is 2.81. The molecule has 0 spiro atoms. The lowest BCUT2D eigenvalue weighted by Crippen LogP contribution is -2.23. The Bertz CT molecular complexity index is 1150. The lowest BCUT2D eigenvalue weighted by atomic mass is 9.98. The van der Waals surface area contributed by atoms with Gasteiger partial charge < -0.3 is 25.2 Å². The third-order valence-corrected chi connectivity index (χ3v) is 6.21. The summed E-state index contributed by atoms with van der Waals surface area (Å²) in [6.45, 7) is 1.66. The minimum absolute atomic E-state index is 0.00965. The van der Waals surface area contributed by atoms with Crippen molar-refractivity contribution in [3.05, 3.63) is 52.5 Å². The van der Waals surface area contributed by atoms with Gasteiger partial charge in [0.25, 0.3) is 0 Å². The number of fused-ring (bicyclic) bond motifs is 1. The number of methoxy groups -OCH3 is 1. The first-order valence-electron chi connectivity index (χ1n) is 10.3. The minimum atomic E-state index is -0.0205. The molecule has 8 nitrogen and oxygen atoms in total. The van der Waals surface area contributed by atoms with Gasteiger partial charge in [-0.25, -0.2) is 0 Å². The van der Waals surface area contributed by atoms with Crippen molar-refractivity contribution in [2.24, 2.45) is 11.8 Å². The van der Waals surface area contributed by atoms with Crippen molar-refractivity contribution in [2.45, 2.75) is 6.54 Å². The number of hydrogen-bond acceptors (Lipinski definition) is 8. The quantitative estimate of drug-likeness (QED) is 0.500. The molecule has 0 amide bonds. The van der Waals surface area contributed by atoms with E-state index >= 15 is 0 Å². The molecule has 32 heavy (non-hydrogen) atoms. The van der Waals surface area contributed by atoms with Gasteiger partial charge in [-0.15, -0.1) is 10.2 Å². The second-order valence-corrected chi connectivity index (χ2v) is 8.26. The van der Waals surface area contributed by atoms with E-state index in [1.807, 2.05) is 29.2 Å². The number of benzene rings is 2. The van der Waals surface area contributed by atoms with Gasteiger partial charge in [-0.2, -0.15) is 5.26 Å². The summed E-state index contributed by atoms with van der Waals surface area (Å²) in [4.78, 5) is 2.04. The van der Waals surface area contributed by atoms with Crippen LogP contribution in [0.2, 0.25) is 5.02 Å². The molecule has 1 aliphatic rings. The number of aliphatic hydroxyl groups is 2. The summed E-state index contributed by atoms with van der Waals surface area (Å²) in [6, 6.07) is 13.1. The van der Waals surface area contributed by atoms with E-state index in [2.05, 4.69) is 21.6 Å². The van der Waals surface area contributed by atoms with Gasteiger partial charge in [0, 0.05) is 55.5 Å². The van der Waals surface area contributed by atoms with Gasteiger partial charge in [-0.05, 0) is 35.9 Å². The molecule has 0 aliphatic carbocycles. The fraction of sp³-hybridized carbons (Fsp3) is 0.348. The Morgan fingerprint density at radius 3 is 2.50 bits per heavy atom. The average Bonchev–Trinajstić information content (AvgIpc) is 3.25. The Kier molecular flexibility index (Phi) is 6.61. The summed E-state index contributed by atoms with van der Waals surface area (Å²) in [5.41, 5.74) is 1.47. The zero-order valence-electron chi connectivity index (χ0n) is 17.6. The van der Waals surface area contributed by atoms with Crippen LogP contribution in [0.4, 0.5) is 11.6 Å². The van der Waals surface area contributed by atoms with Crippen LogP contribution in [0.15, 0.2) is 36.4 Å². The van der Waals surface area contributed by atoms with E-state index in [9.17, 15) is 15.5 Å². The molecule has 1 saturated heterocycles. The van der Waals surface area contributed by atoms with Crippen LogP contribution in [-0.4, -0.2) is 53.8 Å². The molecule has 166 valence electrons. The second kappa shape index (κ2) is 9.57. The summed E-state index contributed by atoms with van der Waals surface area (Å²) in [7, 11) is 1.57. The molecule has 1 fully saturated rings. The first-order chi connectivity index (χ1) is 15.6. The number of aromatic nitrogens is 2. The van der Waals surface area contributed by atoms with Crippen molar-refractivity contribution < 1.29 is 14.9 Å². The minimum Gasteiger partial charge on any atom is -0.495 e. The average molecular weight is 454 g/mol. The third-order valence-electron chi connectivity index (χ3n) is 5.91. The van der Waals surface area contributed by atoms with Crippen LogP contribution < -0.4 is 15.0 Å². The normalized spacial score (nSPS) is 18.0. The topological polar surface area (TPSA) is 115 Å². The number of nitrogens with one attached hydrogen (secondary N) is 1. The van der Waals surface area contributed by atoms with Crippen LogP contribution >= 0.6 is 11.6 Å². The number of rotatable bonds is 7. The molecule has 0 unspecified atom stereocenters. The second-order valence-electron chi connectivity index (χ2n) is 7.86. The van der Waals surface area contributed by atoms with Gasteiger partial charge in [0.2, 0.25) is 0 Å². The Hall–Kier alpha value is -3.12. The molecule has 3 aromatic rings. The van der Waals surface area contributed by atoms with E-state index in [0.29, 0.717) is 47.6 Å². The number of nitriles is 1. The Morgan fingerprint density at radius 2 is 1.88 bits per heavy atom. The molecule has 2 aromatic carbocycles. The van der Waals surface area contributed by atoms with E-state index < -0.39 is 0 Å². The van der Waals surface area contributed by atoms with Crippen LogP contribution in [0, 0.1) is 23.2 Å². The maximum absolute atomic E-state index is 9.65. The summed E-state index contributed by atoms with van der Waals surface area (Å²) >= 11 is 6.23. The number of anilines is 2. The van der Waals surface area contributed by atoms with Crippen LogP contribution in [0.1, 0.15) is 11.1 Å². The van der Waals surface area contributed by atoms with Crippen LogP contribution in [0.3, 0.4) is 0 Å². The van der Waals surface area contributed by atoms with E-state index in [4.69, 9.17) is 16.3 Å². The maximum Gasteiger partial charge on any atom is 0.159 e. The molecular formula is C23H24ClN5O3. The summed E-state index contributed by atoms with van der Waals surface area (Å²) < 4.78 is 5.20. The van der Waals surface area contributed by atoms with E-state index in [-0.39, 0.29) is 25.0 Å². The van der Waals surface area contributed by atoms with E-state index in [1.54, 1.807) is 19.2 Å². The lowest BCUT2D eigenvalue weighted by Gasteiger charge is -2.20. The Labute approximate surface area is 191 Å². The number of halogens is 1. The maximum atomic E-state index is 9.65. The molecule has 0 radical (unpaired) electrons. The smallest absolute Gasteiger partial charge is 0.159 e.